The van der Waals surface area contributed by atoms with Crippen molar-refractivity contribution < 1.29 is 13.2 Å². The number of hydrogen-bond acceptors (Lipinski definition) is 5. The average Bonchev–Trinajstić information content (AvgIpc) is 2.43. The fourth-order valence-electron chi connectivity index (χ4n) is 1.89. The minimum Gasteiger partial charge on any atom is -0.345 e. The maximum Gasteiger partial charge on any atom is 0.289 e. The Morgan fingerprint density at radius 1 is 1.14 bits per heavy atom. The Morgan fingerprint density at radius 3 is 2.18 bits per heavy atom. The van der Waals surface area contributed by atoms with E-state index in [1.807, 2.05) is 0 Å². The Morgan fingerprint density at radius 2 is 1.68 bits per heavy atom. The van der Waals surface area contributed by atoms with Crippen molar-refractivity contribution in [1.82, 2.24) is 15.3 Å². The van der Waals surface area contributed by atoms with Gasteiger partial charge in [-0.05, 0) is 37.6 Å². The molecule has 0 aliphatic carbocycles. The van der Waals surface area contributed by atoms with Crippen molar-refractivity contribution >= 4 is 15.9 Å². The second-order valence-electron chi connectivity index (χ2n) is 4.85. The Hall–Kier alpha value is -2.32. The number of aryl methyl sites for hydroxylation is 2. The average molecular weight is 320 g/mol. The number of amides is 1. The Balaban J connectivity index is 2.05. The Labute approximate surface area is 128 Å². The summed E-state index contributed by atoms with van der Waals surface area (Å²) in [6, 6.07) is 7.74. The van der Waals surface area contributed by atoms with Crippen LogP contribution in [0, 0.1) is 13.8 Å². The van der Waals surface area contributed by atoms with Gasteiger partial charge in [-0.3, -0.25) is 4.79 Å². The van der Waals surface area contributed by atoms with Crippen molar-refractivity contribution in [2.45, 2.75) is 25.3 Å². The second kappa shape index (κ2) is 6.20. The van der Waals surface area contributed by atoms with E-state index < -0.39 is 10.0 Å². The van der Waals surface area contributed by atoms with Gasteiger partial charge < -0.3 is 5.32 Å². The zero-order valence-corrected chi connectivity index (χ0v) is 13.0. The smallest absolute Gasteiger partial charge is 0.289 e. The molecule has 0 bridgehead atoms. The summed E-state index contributed by atoms with van der Waals surface area (Å²) in [5, 5.41) is 7.70. The quantitative estimate of drug-likeness (QED) is 0.859. The van der Waals surface area contributed by atoms with Crippen LogP contribution in [0.1, 0.15) is 27.6 Å². The van der Waals surface area contributed by atoms with Gasteiger partial charge in [0.15, 0.2) is 0 Å². The first-order valence-electron chi connectivity index (χ1n) is 6.48. The molecule has 0 spiro atoms. The van der Waals surface area contributed by atoms with Crippen LogP contribution < -0.4 is 10.5 Å². The van der Waals surface area contributed by atoms with E-state index in [-0.39, 0.29) is 23.2 Å². The molecule has 0 saturated heterocycles. The molecule has 0 atom stereocenters. The molecule has 2 rings (SSSR count). The van der Waals surface area contributed by atoms with Gasteiger partial charge in [-0.2, -0.15) is 0 Å². The third-order valence-electron chi connectivity index (χ3n) is 2.89. The van der Waals surface area contributed by atoms with Crippen LogP contribution >= 0.6 is 0 Å². The van der Waals surface area contributed by atoms with Crippen molar-refractivity contribution in [3.8, 4) is 0 Å². The number of nitrogens with one attached hydrogen (secondary N) is 1. The maximum atomic E-state index is 12.0. The number of benzene rings is 1. The number of hydrogen-bond donors (Lipinski definition) is 2. The number of nitrogens with two attached hydrogens (primary N) is 1. The van der Waals surface area contributed by atoms with E-state index in [0.29, 0.717) is 0 Å². The largest absolute Gasteiger partial charge is 0.345 e. The lowest BCUT2D eigenvalue weighted by atomic mass is 10.2. The molecule has 3 N–H and O–H groups in total. The second-order valence-corrected chi connectivity index (χ2v) is 6.41. The van der Waals surface area contributed by atoms with E-state index in [1.165, 1.54) is 12.1 Å². The number of carbonyl (C=O) groups excluding carboxylic acids is 1. The van der Waals surface area contributed by atoms with Gasteiger partial charge in [0.2, 0.25) is 15.8 Å². The van der Waals surface area contributed by atoms with Crippen LogP contribution in [0.2, 0.25) is 0 Å². The summed E-state index contributed by atoms with van der Waals surface area (Å²) in [5.41, 5.74) is 2.18. The van der Waals surface area contributed by atoms with E-state index in [0.717, 1.165) is 17.0 Å². The summed E-state index contributed by atoms with van der Waals surface area (Å²) < 4.78 is 22.3. The fraction of sp³-hybridized carbons (Fsp3) is 0.214. The van der Waals surface area contributed by atoms with E-state index in [9.17, 15) is 13.2 Å². The van der Waals surface area contributed by atoms with Gasteiger partial charge in [0, 0.05) is 17.9 Å². The minimum absolute atomic E-state index is 0.0280. The summed E-state index contributed by atoms with van der Waals surface area (Å²) >= 11 is 0. The number of rotatable bonds is 4. The lowest BCUT2D eigenvalue weighted by molar-refractivity contribution is 0.0940. The van der Waals surface area contributed by atoms with Crippen LogP contribution in [0.25, 0.3) is 0 Å². The summed E-state index contributed by atoms with van der Waals surface area (Å²) in [5.74, 6) is -0.277. The summed E-state index contributed by atoms with van der Waals surface area (Å²) in [6.45, 7) is 3.81. The molecular weight excluding hydrogens is 304 g/mol. The van der Waals surface area contributed by atoms with Crippen molar-refractivity contribution in [3.63, 3.8) is 0 Å². The van der Waals surface area contributed by atoms with Crippen LogP contribution in [-0.4, -0.2) is 24.3 Å². The molecule has 7 nitrogen and oxygen atoms in total. The lowest BCUT2D eigenvalue weighted by Gasteiger charge is -2.06. The molecule has 1 aromatic heterocycles. The fourth-order valence-corrected chi connectivity index (χ4v) is 2.40. The van der Waals surface area contributed by atoms with Gasteiger partial charge in [-0.15, -0.1) is 0 Å². The highest BCUT2D eigenvalue weighted by Gasteiger charge is 2.11. The topological polar surface area (TPSA) is 115 Å². The maximum absolute atomic E-state index is 12.0. The molecule has 2 aromatic rings. The van der Waals surface area contributed by atoms with Crippen molar-refractivity contribution in [2.24, 2.45) is 5.14 Å². The van der Waals surface area contributed by atoms with Crippen LogP contribution in [0.15, 0.2) is 35.2 Å². The predicted octanol–water partition coefficient (Wildman–Crippen LogP) is 0.671. The third kappa shape index (κ3) is 4.09. The third-order valence-corrected chi connectivity index (χ3v) is 3.82. The molecule has 0 fully saturated rings. The van der Waals surface area contributed by atoms with Gasteiger partial charge >= 0.3 is 0 Å². The van der Waals surface area contributed by atoms with Crippen LogP contribution in [0.4, 0.5) is 0 Å². The van der Waals surface area contributed by atoms with Crippen LogP contribution in [0.5, 0.6) is 0 Å². The van der Waals surface area contributed by atoms with Gasteiger partial charge in [0.1, 0.15) is 0 Å². The SMILES string of the molecule is Cc1cc(C)nc(C(=O)NCc2ccc(S(N)(=O)=O)cc2)n1. The first-order chi connectivity index (χ1) is 10.3. The zero-order chi connectivity index (χ0) is 16.3. The lowest BCUT2D eigenvalue weighted by Crippen LogP contribution is -2.25. The van der Waals surface area contributed by atoms with Gasteiger partial charge in [-0.25, -0.2) is 23.5 Å². The molecule has 1 amide bonds. The molecule has 0 unspecified atom stereocenters. The monoisotopic (exact) mass is 320 g/mol. The minimum atomic E-state index is -3.71. The molecule has 8 heteroatoms. The molecule has 1 aromatic carbocycles. The van der Waals surface area contributed by atoms with Crippen molar-refractivity contribution in [3.05, 3.63) is 53.1 Å². The van der Waals surface area contributed by atoms with Gasteiger partial charge in [-0.1, -0.05) is 12.1 Å². The van der Waals surface area contributed by atoms with Gasteiger partial charge in [0.05, 0.1) is 4.90 Å². The predicted molar refractivity (Wildman–Crippen MR) is 80.5 cm³/mol. The molecule has 0 saturated carbocycles. The van der Waals surface area contributed by atoms with Crippen molar-refractivity contribution in [2.75, 3.05) is 0 Å². The van der Waals surface area contributed by atoms with E-state index >= 15 is 0 Å². The van der Waals surface area contributed by atoms with Crippen LogP contribution in [0.3, 0.4) is 0 Å². The molecule has 116 valence electrons. The normalized spacial score (nSPS) is 11.2. The first kappa shape index (κ1) is 16.1. The molecule has 1 heterocycles. The molecule has 0 aliphatic heterocycles. The first-order valence-corrected chi connectivity index (χ1v) is 8.02. The number of primary sulfonamides is 1. The summed E-state index contributed by atoms with van der Waals surface area (Å²) in [6.07, 6.45) is 0. The summed E-state index contributed by atoms with van der Waals surface area (Å²) in [7, 11) is -3.71. The highest BCUT2D eigenvalue weighted by molar-refractivity contribution is 7.89. The molecule has 22 heavy (non-hydrogen) atoms. The highest BCUT2D eigenvalue weighted by Crippen LogP contribution is 2.08. The highest BCUT2D eigenvalue weighted by atomic mass is 32.2. The Kier molecular flexibility index (Phi) is 4.53. The standard InChI is InChI=1S/C14H16N4O3S/c1-9-7-10(2)18-13(17-9)14(19)16-8-11-3-5-12(6-4-11)22(15,20)21/h3-7H,8H2,1-2H3,(H,16,19)(H2,15,20,21). The van der Waals surface area contributed by atoms with E-state index in [1.54, 1.807) is 32.0 Å². The number of nitrogens with zero attached hydrogens (tertiary/aromatic N) is 2. The number of carbonyl (C=O) groups is 1. The number of sulfonamides is 1. The Bertz CT molecular complexity index is 781. The van der Waals surface area contributed by atoms with Crippen molar-refractivity contribution in [1.29, 1.82) is 0 Å². The number of aromatic nitrogens is 2. The van der Waals surface area contributed by atoms with Crippen LogP contribution in [-0.2, 0) is 16.6 Å². The van der Waals surface area contributed by atoms with E-state index in [2.05, 4.69) is 15.3 Å². The van der Waals surface area contributed by atoms with Gasteiger partial charge in [0.25, 0.3) is 5.91 Å². The molecule has 0 radical (unpaired) electrons. The summed E-state index contributed by atoms with van der Waals surface area (Å²) in [4.78, 5) is 20.2. The molecule has 0 aliphatic rings. The molecular formula is C14H16N4O3S. The van der Waals surface area contributed by atoms with E-state index in [4.69, 9.17) is 5.14 Å². The zero-order valence-electron chi connectivity index (χ0n) is 12.2.